The smallest absolute Gasteiger partial charge is 0.356 e. The SMILES string of the molecule is CC(C)N(Cc1cccc(Cl)c1)C(=O)c1cnc(C(=O)O)cn1. The van der Waals surface area contributed by atoms with Gasteiger partial charge in [0.15, 0.2) is 5.69 Å². The highest BCUT2D eigenvalue weighted by molar-refractivity contribution is 6.30. The molecule has 1 aromatic carbocycles. The molecule has 0 aliphatic heterocycles. The first-order chi connectivity index (χ1) is 10.9. The third-order valence-corrected chi connectivity index (χ3v) is 3.45. The van der Waals surface area contributed by atoms with Gasteiger partial charge in [-0.15, -0.1) is 0 Å². The van der Waals surface area contributed by atoms with Crippen molar-refractivity contribution >= 4 is 23.5 Å². The third-order valence-electron chi connectivity index (χ3n) is 3.22. The van der Waals surface area contributed by atoms with Crippen LogP contribution in [0.5, 0.6) is 0 Å². The van der Waals surface area contributed by atoms with Gasteiger partial charge in [-0.25, -0.2) is 14.8 Å². The topological polar surface area (TPSA) is 83.4 Å². The van der Waals surface area contributed by atoms with Crippen LogP contribution in [-0.4, -0.2) is 37.9 Å². The van der Waals surface area contributed by atoms with Gasteiger partial charge in [0.25, 0.3) is 5.91 Å². The highest BCUT2D eigenvalue weighted by Gasteiger charge is 2.21. The van der Waals surface area contributed by atoms with E-state index in [1.807, 2.05) is 26.0 Å². The Morgan fingerprint density at radius 1 is 1.22 bits per heavy atom. The summed E-state index contributed by atoms with van der Waals surface area (Å²) < 4.78 is 0. The van der Waals surface area contributed by atoms with Gasteiger partial charge in [0.1, 0.15) is 5.69 Å². The van der Waals surface area contributed by atoms with E-state index in [0.29, 0.717) is 11.6 Å². The number of aromatic nitrogens is 2. The first-order valence-electron chi connectivity index (χ1n) is 6.99. The van der Waals surface area contributed by atoms with Gasteiger partial charge in [-0.2, -0.15) is 0 Å². The number of hydrogen-bond donors (Lipinski definition) is 1. The predicted octanol–water partition coefficient (Wildman–Crippen LogP) is 2.88. The second kappa shape index (κ2) is 7.19. The first kappa shape index (κ1) is 16.9. The van der Waals surface area contributed by atoms with Crippen molar-refractivity contribution < 1.29 is 14.7 Å². The molecule has 0 bridgehead atoms. The summed E-state index contributed by atoms with van der Waals surface area (Å²) in [5, 5.41) is 9.42. The number of hydrogen-bond acceptors (Lipinski definition) is 4. The van der Waals surface area contributed by atoms with E-state index in [9.17, 15) is 9.59 Å². The Bertz CT molecular complexity index is 717. The molecule has 0 spiro atoms. The Kier molecular flexibility index (Phi) is 5.28. The molecule has 0 radical (unpaired) electrons. The molecule has 6 nitrogen and oxygen atoms in total. The standard InChI is InChI=1S/C16H16ClN3O3/c1-10(2)20(9-11-4-3-5-12(17)6-11)15(21)13-7-19-14(8-18-13)16(22)23/h3-8,10H,9H2,1-2H3,(H,22,23). The molecule has 1 N–H and O–H groups in total. The summed E-state index contributed by atoms with van der Waals surface area (Å²) in [5.41, 5.74) is 0.799. The van der Waals surface area contributed by atoms with Crippen LogP contribution >= 0.6 is 11.6 Å². The van der Waals surface area contributed by atoms with E-state index >= 15 is 0 Å². The molecule has 0 unspecified atom stereocenters. The summed E-state index contributed by atoms with van der Waals surface area (Å²) in [6, 6.07) is 7.20. The van der Waals surface area contributed by atoms with Crippen LogP contribution < -0.4 is 0 Å². The molecule has 0 aliphatic carbocycles. The maximum Gasteiger partial charge on any atom is 0.356 e. The van der Waals surface area contributed by atoms with E-state index < -0.39 is 5.97 Å². The minimum Gasteiger partial charge on any atom is -0.476 e. The van der Waals surface area contributed by atoms with Gasteiger partial charge in [-0.05, 0) is 31.5 Å². The summed E-state index contributed by atoms with van der Waals surface area (Å²) in [7, 11) is 0. The van der Waals surface area contributed by atoms with Crippen LogP contribution in [0.15, 0.2) is 36.7 Å². The summed E-state index contributed by atoms with van der Waals surface area (Å²) in [5.74, 6) is -1.50. The molecule has 0 saturated heterocycles. The van der Waals surface area contributed by atoms with E-state index in [0.717, 1.165) is 11.8 Å². The van der Waals surface area contributed by atoms with Crippen LogP contribution in [0.3, 0.4) is 0 Å². The zero-order valence-electron chi connectivity index (χ0n) is 12.7. The molecule has 0 aliphatic rings. The molecule has 0 fully saturated rings. The Morgan fingerprint density at radius 2 is 1.87 bits per heavy atom. The lowest BCUT2D eigenvalue weighted by atomic mass is 10.1. The molecule has 120 valence electrons. The molecular formula is C16H16ClN3O3. The Hall–Kier alpha value is -2.47. The second-order valence-corrected chi connectivity index (χ2v) is 5.69. The fraction of sp³-hybridized carbons (Fsp3) is 0.250. The third kappa shape index (κ3) is 4.26. The molecule has 23 heavy (non-hydrogen) atoms. The summed E-state index contributed by atoms with van der Waals surface area (Å²) in [4.78, 5) is 32.6. The molecular weight excluding hydrogens is 318 g/mol. The van der Waals surface area contributed by atoms with E-state index in [1.54, 1.807) is 17.0 Å². The van der Waals surface area contributed by atoms with Gasteiger partial charge >= 0.3 is 5.97 Å². The van der Waals surface area contributed by atoms with Gasteiger partial charge in [-0.1, -0.05) is 23.7 Å². The number of aromatic carboxylic acids is 1. The largest absolute Gasteiger partial charge is 0.476 e. The molecule has 2 rings (SSSR count). The summed E-state index contributed by atoms with van der Waals surface area (Å²) >= 11 is 5.97. The highest BCUT2D eigenvalue weighted by atomic mass is 35.5. The van der Waals surface area contributed by atoms with E-state index in [-0.39, 0.29) is 23.3 Å². The van der Waals surface area contributed by atoms with Crippen LogP contribution in [0.2, 0.25) is 5.02 Å². The molecule has 2 aromatic rings. The average molecular weight is 334 g/mol. The Morgan fingerprint density at radius 3 is 2.39 bits per heavy atom. The molecule has 1 aromatic heterocycles. The quantitative estimate of drug-likeness (QED) is 0.909. The van der Waals surface area contributed by atoms with Gasteiger partial charge in [0.05, 0.1) is 12.4 Å². The number of carboxylic acid groups (broad SMARTS) is 1. The molecule has 1 amide bonds. The summed E-state index contributed by atoms with van der Waals surface area (Å²) in [6.45, 7) is 4.16. The maximum atomic E-state index is 12.6. The minimum absolute atomic E-state index is 0.0672. The lowest BCUT2D eigenvalue weighted by molar-refractivity contribution is 0.0669. The van der Waals surface area contributed by atoms with Crippen molar-refractivity contribution in [3.05, 3.63) is 58.6 Å². The summed E-state index contributed by atoms with van der Waals surface area (Å²) in [6.07, 6.45) is 2.26. The van der Waals surface area contributed by atoms with Crippen molar-refractivity contribution in [3.8, 4) is 0 Å². The lowest BCUT2D eigenvalue weighted by Gasteiger charge is -2.26. The monoisotopic (exact) mass is 333 g/mol. The van der Waals surface area contributed by atoms with Gasteiger partial charge in [0, 0.05) is 17.6 Å². The molecule has 7 heteroatoms. The molecule has 0 saturated carbocycles. The predicted molar refractivity (Wildman–Crippen MR) is 85.5 cm³/mol. The zero-order chi connectivity index (χ0) is 17.0. The first-order valence-corrected chi connectivity index (χ1v) is 7.37. The fourth-order valence-electron chi connectivity index (χ4n) is 2.02. The van der Waals surface area contributed by atoms with Crippen molar-refractivity contribution in [2.45, 2.75) is 26.4 Å². The fourth-order valence-corrected chi connectivity index (χ4v) is 2.23. The Labute approximate surface area is 138 Å². The van der Waals surface area contributed by atoms with Gasteiger partial charge in [-0.3, -0.25) is 4.79 Å². The van der Waals surface area contributed by atoms with Crippen molar-refractivity contribution in [2.75, 3.05) is 0 Å². The number of rotatable bonds is 5. The van der Waals surface area contributed by atoms with Crippen LogP contribution in [0.4, 0.5) is 0 Å². The highest BCUT2D eigenvalue weighted by Crippen LogP contribution is 2.16. The van der Waals surface area contributed by atoms with Crippen LogP contribution in [0.25, 0.3) is 0 Å². The zero-order valence-corrected chi connectivity index (χ0v) is 13.5. The van der Waals surface area contributed by atoms with Gasteiger partial charge in [0.2, 0.25) is 0 Å². The molecule has 0 atom stereocenters. The van der Waals surface area contributed by atoms with Crippen LogP contribution in [0, 0.1) is 0 Å². The van der Waals surface area contributed by atoms with Crippen LogP contribution in [0.1, 0.15) is 40.4 Å². The number of halogens is 1. The van der Waals surface area contributed by atoms with Crippen molar-refractivity contribution in [1.29, 1.82) is 0 Å². The van der Waals surface area contributed by atoms with Crippen LogP contribution in [-0.2, 0) is 6.54 Å². The van der Waals surface area contributed by atoms with Crippen molar-refractivity contribution in [1.82, 2.24) is 14.9 Å². The normalized spacial score (nSPS) is 10.6. The Balaban J connectivity index is 2.23. The number of carbonyl (C=O) groups excluding carboxylic acids is 1. The average Bonchev–Trinajstić information content (AvgIpc) is 2.52. The lowest BCUT2D eigenvalue weighted by Crippen LogP contribution is -2.37. The minimum atomic E-state index is -1.18. The van der Waals surface area contributed by atoms with E-state index in [4.69, 9.17) is 16.7 Å². The number of amides is 1. The maximum absolute atomic E-state index is 12.6. The van der Waals surface area contributed by atoms with E-state index in [2.05, 4.69) is 9.97 Å². The second-order valence-electron chi connectivity index (χ2n) is 5.25. The van der Waals surface area contributed by atoms with E-state index in [1.165, 1.54) is 6.20 Å². The van der Waals surface area contributed by atoms with Gasteiger partial charge < -0.3 is 10.0 Å². The van der Waals surface area contributed by atoms with Crippen molar-refractivity contribution in [2.24, 2.45) is 0 Å². The number of benzene rings is 1. The van der Waals surface area contributed by atoms with Crippen molar-refractivity contribution in [3.63, 3.8) is 0 Å². The number of carbonyl (C=O) groups is 2. The molecule has 1 heterocycles. The number of nitrogens with zero attached hydrogens (tertiary/aromatic N) is 3. The number of carboxylic acids is 1.